The number of methoxy groups -OCH3 is 2. The summed E-state index contributed by atoms with van der Waals surface area (Å²) in [6, 6.07) is 12.4. The predicted octanol–water partition coefficient (Wildman–Crippen LogP) is 2.49. The van der Waals surface area contributed by atoms with Crippen molar-refractivity contribution in [1.82, 2.24) is 4.72 Å². The molecular formula is C16H19NO4S. The van der Waals surface area contributed by atoms with Crippen molar-refractivity contribution in [2.45, 2.75) is 18.4 Å². The van der Waals surface area contributed by atoms with Gasteiger partial charge in [-0.1, -0.05) is 30.3 Å². The van der Waals surface area contributed by atoms with Crippen LogP contribution in [0.3, 0.4) is 0 Å². The molecule has 0 fully saturated rings. The Kier molecular flexibility index (Phi) is 5.05. The molecule has 118 valence electrons. The Labute approximate surface area is 130 Å². The van der Waals surface area contributed by atoms with Crippen molar-refractivity contribution >= 4 is 10.0 Å². The average molecular weight is 321 g/mol. The van der Waals surface area contributed by atoms with Gasteiger partial charge in [-0.25, -0.2) is 13.1 Å². The molecule has 0 aliphatic rings. The van der Waals surface area contributed by atoms with Gasteiger partial charge in [-0.2, -0.15) is 0 Å². The molecule has 22 heavy (non-hydrogen) atoms. The molecule has 0 unspecified atom stereocenters. The van der Waals surface area contributed by atoms with E-state index in [9.17, 15) is 8.42 Å². The van der Waals surface area contributed by atoms with Gasteiger partial charge in [0.2, 0.25) is 10.0 Å². The molecule has 0 atom stereocenters. The molecule has 0 aromatic heterocycles. The van der Waals surface area contributed by atoms with E-state index in [2.05, 4.69) is 4.72 Å². The van der Waals surface area contributed by atoms with Crippen LogP contribution in [0.2, 0.25) is 0 Å². The number of hydrogen-bond acceptors (Lipinski definition) is 4. The summed E-state index contributed by atoms with van der Waals surface area (Å²) in [4.78, 5) is 0.0633. The molecule has 0 aliphatic heterocycles. The summed E-state index contributed by atoms with van der Waals surface area (Å²) in [5.41, 5.74) is 1.69. The standard InChI is InChI=1S/C16H19NO4S/c1-12-9-15(21-3)16(10-14(12)20-2)22(18,19)17-11-13-7-5-4-6-8-13/h4-10,17H,11H2,1-3H3. The van der Waals surface area contributed by atoms with Crippen LogP contribution in [-0.2, 0) is 16.6 Å². The lowest BCUT2D eigenvalue weighted by atomic mass is 10.2. The van der Waals surface area contributed by atoms with Crippen molar-refractivity contribution in [3.8, 4) is 11.5 Å². The second-order valence-corrected chi connectivity index (χ2v) is 6.52. The van der Waals surface area contributed by atoms with E-state index in [1.54, 1.807) is 6.07 Å². The molecule has 2 rings (SSSR count). The maximum absolute atomic E-state index is 12.5. The van der Waals surface area contributed by atoms with E-state index in [0.717, 1.165) is 11.1 Å². The van der Waals surface area contributed by atoms with E-state index >= 15 is 0 Å². The first-order valence-electron chi connectivity index (χ1n) is 6.74. The number of sulfonamides is 1. The SMILES string of the molecule is COc1cc(S(=O)(=O)NCc2ccccc2)c(OC)cc1C. The van der Waals surface area contributed by atoms with E-state index in [4.69, 9.17) is 9.47 Å². The van der Waals surface area contributed by atoms with Crippen molar-refractivity contribution in [2.24, 2.45) is 0 Å². The quantitative estimate of drug-likeness (QED) is 0.888. The van der Waals surface area contributed by atoms with Crippen LogP contribution < -0.4 is 14.2 Å². The Hall–Kier alpha value is -2.05. The van der Waals surface area contributed by atoms with Gasteiger partial charge in [0.1, 0.15) is 16.4 Å². The molecule has 0 saturated heterocycles. The van der Waals surface area contributed by atoms with Crippen LogP contribution in [0.15, 0.2) is 47.4 Å². The molecule has 5 nitrogen and oxygen atoms in total. The van der Waals surface area contributed by atoms with Crippen LogP contribution >= 0.6 is 0 Å². The van der Waals surface area contributed by atoms with Gasteiger partial charge in [-0.05, 0) is 24.1 Å². The first kappa shape index (κ1) is 16.3. The van der Waals surface area contributed by atoms with Gasteiger partial charge < -0.3 is 9.47 Å². The molecule has 0 saturated carbocycles. The first-order chi connectivity index (χ1) is 10.5. The highest BCUT2D eigenvalue weighted by atomic mass is 32.2. The molecule has 2 aromatic rings. The van der Waals surface area contributed by atoms with Crippen LogP contribution in [0, 0.1) is 6.92 Å². The van der Waals surface area contributed by atoms with Crippen LogP contribution in [0.25, 0.3) is 0 Å². The third kappa shape index (κ3) is 3.58. The molecule has 2 aromatic carbocycles. The van der Waals surface area contributed by atoms with Crippen LogP contribution in [0.4, 0.5) is 0 Å². The number of rotatable bonds is 6. The Bertz CT molecular complexity index is 742. The third-order valence-electron chi connectivity index (χ3n) is 3.28. The molecule has 0 amide bonds. The van der Waals surface area contributed by atoms with Gasteiger partial charge in [0.25, 0.3) is 0 Å². The number of hydrogen-bond donors (Lipinski definition) is 1. The molecule has 0 bridgehead atoms. The Morgan fingerprint density at radius 2 is 1.64 bits per heavy atom. The minimum atomic E-state index is -3.71. The fourth-order valence-electron chi connectivity index (χ4n) is 2.08. The number of benzene rings is 2. The summed E-state index contributed by atoms with van der Waals surface area (Å²) in [7, 11) is -0.761. The van der Waals surface area contributed by atoms with Gasteiger partial charge in [-0.3, -0.25) is 0 Å². The highest BCUT2D eigenvalue weighted by Gasteiger charge is 2.21. The van der Waals surface area contributed by atoms with Crippen LogP contribution in [0.5, 0.6) is 11.5 Å². The molecular weight excluding hydrogens is 302 g/mol. The van der Waals surface area contributed by atoms with E-state index in [1.165, 1.54) is 20.3 Å². The summed E-state index contributed by atoms with van der Waals surface area (Å²) >= 11 is 0. The van der Waals surface area contributed by atoms with Crippen molar-refractivity contribution < 1.29 is 17.9 Å². The minimum Gasteiger partial charge on any atom is -0.496 e. The Morgan fingerprint density at radius 1 is 1.00 bits per heavy atom. The highest BCUT2D eigenvalue weighted by Crippen LogP contribution is 2.31. The number of nitrogens with one attached hydrogen (secondary N) is 1. The zero-order chi connectivity index (χ0) is 16.2. The summed E-state index contributed by atoms with van der Waals surface area (Å²) < 4.78 is 38.0. The van der Waals surface area contributed by atoms with E-state index < -0.39 is 10.0 Å². The fourth-order valence-corrected chi connectivity index (χ4v) is 3.27. The van der Waals surface area contributed by atoms with Gasteiger partial charge in [0.15, 0.2) is 0 Å². The van der Waals surface area contributed by atoms with Crippen LogP contribution in [0.1, 0.15) is 11.1 Å². The first-order valence-corrected chi connectivity index (χ1v) is 8.22. The summed E-state index contributed by atoms with van der Waals surface area (Å²) in [6.07, 6.45) is 0. The predicted molar refractivity (Wildman–Crippen MR) is 84.8 cm³/mol. The summed E-state index contributed by atoms with van der Waals surface area (Å²) in [5, 5.41) is 0. The van der Waals surface area contributed by atoms with Crippen LogP contribution in [-0.4, -0.2) is 22.6 Å². The maximum atomic E-state index is 12.5. The summed E-state index contributed by atoms with van der Waals surface area (Å²) in [6.45, 7) is 2.04. The van der Waals surface area contributed by atoms with Gasteiger partial charge >= 0.3 is 0 Å². The molecule has 0 spiro atoms. The van der Waals surface area contributed by atoms with Gasteiger partial charge in [0, 0.05) is 12.6 Å². The second-order valence-electron chi connectivity index (χ2n) is 4.78. The normalized spacial score (nSPS) is 11.2. The molecule has 1 N–H and O–H groups in total. The van der Waals surface area contributed by atoms with Gasteiger partial charge in [-0.15, -0.1) is 0 Å². The molecule has 0 radical (unpaired) electrons. The second kappa shape index (κ2) is 6.81. The van der Waals surface area contributed by atoms with E-state index in [-0.39, 0.29) is 11.4 Å². The number of aryl methyl sites for hydroxylation is 1. The lowest BCUT2D eigenvalue weighted by Gasteiger charge is -2.14. The molecule has 6 heteroatoms. The smallest absolute Gasteiger partial charge is 0.244 e. The van der Waals surface area contributed by atoms with Crippen molar-refractivity contribution in [2.75, 3.05) is 14.2 Å². The largest absolute Gasteiger partial charge is 0.496 e. The monoisotopic (exact) mass is 321 g/mol. The van der Waals surface area contributed by atoms with E-state index in [1.807, 2.05) is 37.3 Å². The molecule has 0 heterocycles. The van der Waals surface area contributed by atoms with Crippen molar-refractivity contribution in [3.63, 3.8) is 0 Å². The van der Waals surface area contributed by atoms with Crippen molar-refractivity contribution in [1.29, 1.82) is 0 Å². The summed E-state index contributed by atoms with van der Waals surface area (Å²) in [5.74, 6) is 0.791. The topological polar surface area (TPSA) is 64.6 Å². The van der Waals surface area contributed by atoms with E-state index in [0.29, 0.717) is 11.5 Å². The third-order valence-corrected chi connectivity index (χ3v) is 4.70. The number of ether oxygens (including phenoxy) is 2. The maximum Gasteiger partial charge on any atom is 0.244 e. The Morgan fingerprint density at radius 3 is 2.23 bits per heavy atom. The minimum absolute atomic E-state index is 0.0633. The molecule has 0 aliphatic carbocycles. The van der Waals surface area contributed by atoms with Crippen molar-refractivity contribution in [3.05, 3.63) is 53.6 Å². The zero-order valence-corrected chi connectivity index (χ0v) is 13.6. The lowest BCUT2D eigenvalue weighted by molar-refractivity contribution is 0.390. The van der Waals surface area contributed by atoms with Gasteiger partial charge in [0.05, 0.1) is 14.2 Å². The zero-order valence-electron chi connectivity index (χ0n) is 12.8. The lowest BCUT2D eigenvalue weighted by Crippen LogP contribution is -2.23. The fraction of sp³-hybridized carbons (Fsp3) is 0.250. The Balaban J connectivity index is 2.32. The average Bonchev–Trinajstić information content (AvgIpc) is 2.53. The highest BCUT2D eigenvalue weighted by molar-refractivity contribution is 7.89.